The van der Waals surface area contributed by atoms with Gasteiger partial charge in [-0.3, -0.25) is 0 Å². The van der Waals surface area contributed by atoms with E-state index in [0.717, 1.165) is 16.8 Å². The summed E-state index contributed by atoms with van der Waals surface area (Å²) >= 11 is 0. The Bertz CT molecular complexity index is 571. The van der Waals surface area contributed by atoms with Crippen molar-refractivity contribution >= 4 is 5.69 Å². The number of hydrogen-bond acceptors (Lipinski definition) is 2. The lowest BCUT2D eigenvalue weighted by atomic mass is 10.1. The third-order valence-electron chi connectivity index (χ3n) is 3.08. The molecule has 0 aliphatic heterocycles. The van der Waals surface area contributed by atoms with Gasteiger partial charge in [-0.1, -0.05) is 42.3 Å². The molecule has 0 aliphatic rings. The van der Waals surface area contributed by atoms with E-state index in [-0.39, 0.29) is 0 Å². The first-order chi connectivity index (χ1) is 9.20. The number of aliphatic hydroxyl groups excluding tert-OH is 1. The van der Waals surface area contributed by atoms with Crippen LogP contribution in [-0.4, -0.2) is 18.7 Å². The van der Waals surface area contributed by atoms with Crippen LogP contribution in [-0.2, 0) is 0 Å². The van der Waals surface area contributed by atoms with Crippen LogP contribution in [0.5, 0.6) is 0 Å². The fourth-order valence-corrected chi connectivity index (χ4v) is 1.98. The summed E-state index contributed by atoms with van der Waals surface area (Å²) in [6.07, 6.45) is 4.88. The molecule has 0 radical (unpaired) electrons. The zero-order valence-corrected chi connectivity index (χ0v) is 11.0. The minimum atomic E-state index is -0.513. The molecule has 0 heterocycles. The Morgan fingerprint density at radius 3 is 2.58 bits per heavy atom. The molecule has 0 aliphatic carbocycles. The molecule has 0 spiro atoms. The Labute approximate surface area is 114 Å². The van der Waals surface area contributed by atoms with E-state index in [9.17, 15) is 5.11 Å². The van der Waals surface area contributed by atoms with Crippen LogP contribution in [0, 0.1) is 12.3 Å². The summed E-state index contributed by atoms with van der Waals surface area (Å²) in [6, 6.07) is 17.4. The van der Waals surface area contributed by atoms with Crippen molar-refractivity contribution in [3.8, 4) is 12.3 Å². The lowest BCUT2D eigenvalue weighted by Gasteiger charge is -2.23. The smallest absolute Gasteiger partial charge is 0.0964 e. The molecule has 2 heteroatoms. The van der Waals surface area contributed by atoms with E-state index in [1.54, 1.807) is 0 Å². The third-order valence-corrected chi connectivity index (χ3v) is 3.08. The van der Waals surface area contributed by atoms with Crippen molar-refractivity contribution < 1.29 is 5.11 Å². The first kappa shape index (κ1) is 13.2. The van der Waals surface area contributed by atoms with Crippen LogP contribution in [0.15, 0.2) is 54.6 Å². The van der Waals surface area contributed by atoms with Crippen LogP contribution in [0.4, 0.5) is 5.69 Å². The molecule has 0 saturated carbocycles. The lowest BCUT2D eigenvalue weighted by Crippen LogP contribution is -2.24. The summed E-state index contributed by atoms with van der Waals surface area (Å²) in [5.41, 5.74) is 2.77. The van der Waals surface area contributed by atoms with E-state index in [4.69, 9.17) is 6.42 Å². The van der Waals surface area contributed by atoms with Crippen molar-refractivity contribution in [2.24, 2.45) is 0 Å². The van der Waals surface area contributed by atoms with Crippen LogP contribution >= 0.6 is 0 Å². The Morgan fingerprint density at radius 2 is 1.89 bits per heavy atom. The fraction of sp³-hybridized carbons (Fsp3) is 0.176. The van der Waals surface area contributed by atoms with Gasteiger partial charge in [0, 0.05) is 24.8 Å². The first-order valence-corrected chi connectivity index (χ1v) is 6.21. The topological polar surface area (TPSA) is 23.5 Å². The molecule has 1 N–H and O–H groups in total. The molecule has 0 saturated heterocycles. The minimum Gasteiger partial charge on any atom is -0.387 e. The minimum absolute atomic E-state index is 0.513. The predicted molar refractivity (Wildman–Crippen MR) is 79.0 cm³/mol. The molecule has 2 aromatic rings. The molecule has 0 amide bonds. The molecule has 96 valence electrons. The highest BCUT2D eigenvalue weighted by atomic mass is 16.3. The zero-order chi connectivity index (χ0) is 13.7. The number of hydrogen-bond donors (Lipinski definition) is 1. The quantitative estimate of drug-likeness (QED) is 0.845. The molecule has 2 aromatic carbocycles. The predicted octanol–water partition coefficient (Wildman–Crippen LogP) is 2.84. The van der Waals surface area contributed by atoms with E-state index < -0.39 is 6.10 Å². The van der Waals surface area contributed by atoms with E-state index in [2.05, 4.69) is 5.92 Å². The summed E-state index contributed by atoms with van der Waals surface area (Å²) in [6.45, 7) is 0.526. The molecule has 19 heavy (non-hydrogen) atoms. The molecule has 0 aromatic heterocycles. The lowest BCUT2D eigenvalue weighted by molar-refractivity contribution is 0.185. The summed E-state index contributed by atoms with van der Waals surface area (Å²) in [5, 5.41) is 10.2. The van der Waals surface area contributed by atoms with Gasteiger partial charge in [0.2, 0.25) is 0 Å². The van der Waals surface area contributed by atoms with Gasteiger partial charge in [0.25, 0.3) is 0 Å². The Hall–Kier alpha value is -2.24. The van der Waals surface area contributed by atoms with Crippen LogP contribution in [0.25, 0.3) is 0 Å². The van der Waals surface area contributed by atoms with E-state index in [1.807, 2.05) is 66.5 Å². The molecule has 1 unspecified atom stereocenters. The number of aliphatic hydroxyl groups is 1. The van der Waals surface area contributed by atoms with Crippen molar-refractivity contribution in [2.45, 2.75) is 6.10 Å². The maximum atomic E-state index is 10.2. The third kappa shape index (κ3) is 3.37. The van der Waals surface area contributed by atoms with Gasteiger partial charge in [-0.2, -0.15) is 0 Å². The summed E-state index contributed by atoms with van der Waals surface area (Å²) in [4.78, 5) is 2.00. The second kappa shape index (κ2) is 6.08. The van der Waals surface area contributed by atoms with E-state index >= 15 is 0 Å². The number of likely N-dealkylation sites (N-methyl/N-ethyl adjacent to an activating group) is 1. The molecule has 2 rings (SSSR count). The molecule has 1 atom stereocenters. The van der Waals surface area contributed by atoms with Crippen LogP contribution in [0.2, 0.25) is 0 Å². The molecular formula is C17H17NO. The molecular weight excluding hydrogens is 234 g/mol. The van der Waals surface area contributed by atoms with Gasteiger partial charge in [0.1, 0.15) is 0 Å². The maximum absolute atomic E-state index is 10.2. The Morgan fingerprint density at radius 1 is 1.16 bits per heavy atom. The van der Waals surface area contributed by atoms with Crippen molar-refractivity contribution in [2.75, 3.05) is 18.5 Å². The second-order valence-corrected chi connectivity index (χ2v) is 4.50. The number of rotatable bonds is 4. The standard InChI is InChI=1S/C17H17NO/c1-3-14-8-7-11-16(12-14)18(2)13-17(19)15-9-5-4-6-10-15/h1,4-12,17,19H,13H2,2H3. The van der Waals surface area contributed by atoms with Crippen LogP contribution in [0.1, 0.15) is 17.2 Å². The molecule has 0 bridgehead atoms. The van der Waals surface area contributed by atoms with Gasteiger partial charge in [0.05, 0.1) is 6.10 Å². The normalized spacial score (nSPS) is 11.6. The van der Waals surface area contributed by atoms with Crippen molar-refractivity contribution in [3.63, 3.8) is 0 Å². The first-order valence-electron chi connectivity index (χ1n) is 6.21. The largest absolute Gasteiger partial charge is 0.387 e. The monoisotopic (exact) mass is 251 g/mol. The number of benzene rings is 2. The number of terminal acetylenes is 1. The average Bonchev–Trinajstić information content (AvgIpc) is 2.48. The SMILES string of the molecule is C#Cc1cccc(N(C)CC(O)c2ccccc2)c1. The average molecular weight is 251 g/mol. The highest BCUT2D eigenvalue weighted by Gasteiger charge is 2.10. The number of anilines is 1. The van der Waals surface area contributed by atoms with Gasteiger partial charge < -0.3 is 10.0 Å². The highest BCUT2D eigenvalue weighted by molar-refractivity contribution is 5.51. The van der Waals surface area contributed by atoms with E-state index in [1.165, 1.54) is 0 Å². The van der Waals surface area contributed by atoms with Gasteiger partial charge in [-0.15, -0.1) is 6.42 Å². The number of nitrogens with zero attached hydrogens (tertiary/aromatic N) is 1. The van der Waals surface area contributed by atoms with Crippen molar-refractivity contribution in [1.82, 2.24) is 0 Å². The highest BCUT2D eigenvalue weighted by Crippen LogP contribution is 2.19. The maximum Gasteiger partial charge on any atom is 0.0964 e. The van der Waals surface area contributed by atoms with Gasteiger partial charge in [-0.25, -0.2) is 0 Å². The Kier molecular flexibility index (Phi) is 4.22. The van der Waals surface area contributed by atoms with Gasteiger partial charge >= 0.3 is 0 Å². The zero-order valence-electron chi connectivity index (χ0n) is 11.0. The second-order valence-electron chi connectivity index (χ2n) is 4.50. The summed E-state index contributed by atoms with van der Waals surface area (Å²) in [7, 11) is 1.95. The van der Waals surface area contributed by atoms with Gasteiger partial charge in [-0.05, 0) is 23.8 Å². The van der Waals surface area contributed by atoms with Crippen LogP contribution < -0.4 is 4.90 Å². The van der Waals surface area contributed by atoms with Gasteiger partial charge in [0.15, 0.2) is 0 Å². The van der Waals surface area contributed by atoms with Crippen molar-refractivity contribution in [3.05, 3.63) is 65.7 Å². The van der Waals surface area contributed by atoms with E-state index in [0.29, 0.717) is 6.54 Å². The fourth-order valence-electron chi connectivity index (χ4n) is 1.98. The molecule has 0 fully saturated rings. The van der Waals surface area contributed by atoms with Crippen LogP contribution in [0.3, 0.4) is 0 Å². The Balaban J connectivity index is 2.08. The molecule has 2 nitrogen and oxygen atoms in total. The van der Waals surface area contributed by atoms with Crippen molar-refractivity contribution in [1.29, 1.82) is 0 Å². The summed E-state index contributed by atoms with van der Waals surface area (Å²) < 4.78 is 0. The summed E-state index contributed by atoms with van der Waals surface area (Å²) in [5.74, 6) is 2.62.